The van der Waals surface area contributed by atoms with E-state index in [-0.39, 0.29) is 17.9 Å². The van der Waals surface area contributed by atoms with Crippen LogP contribution in [0.3, 0.4) is 0 Å². The molecule has 0 aromatic heterocycles. The van der Waals surface area contributed by atoms with Crippen molar-refractivity contribution in [1.82, 2.24) is 9.80 Å². The van der Waals surface area contributed by atoms with Crippen LogP contribution < -0.4 is 4.74 Å². The van der Waals surface area contributed by atoms with Crippen LogP contribution in [-0.4, -0.2) is 60.4 Å². The highest BCUT2D eigenvalue weighted by atomic mass is 35.5. The maximum absolute atomic E-state index is 13.5. The van der Waals surface area contributed by atoms with Gasteiger partial charge in [-0.15, -0.1) is 0 Å². The van der Waals surface area contributed by atoms with Gasteiger partial charge in [0.1, 0.15) is 17.3 Å². The fraction of sp³-hybridized carbons (Fsp3) is 0.304. The molecule has 1 N–H and O–H groups in total. The van der Waals surface area contributed by atoms with Gasteiger partial charge in [0.05, 0.1) is 23.2 Å². The zero-order valence-corrected chi connectivity index (χ0v) is 18.3. The van der Waals surface area contributed by atoms with Crippen LogP contribution in [0.2, 0.25) is 5.02 Å². The molecule has 0 bridgehead atoms. The molecule has 164 valence electrons. The molecular formula is C23H24ClFN2O4. The Morgan fingerprint density at radius 1 is 1.19 bits per heavy atom. The lowest BCUT2D eigenvalue weighted by Crippen LogP contribution is -2.35. The average molecular weight is 447 g/mol. The van der Waals surface area contributed by atoms with Crippen LogP contribution in [-0.2, 0) is 9.59 Å². The van der Waals surface area contributed by atoms with E-state index in [2.05, 4.69) is 0 Å². The number of carbonyl (C=O) groups excluding carboxylic acids is 2. The first-order chi connectivity index (χ1) is 14.7. The van der Waals surface area contributed by atoms with Gasteiger partial charge in [-0.25, -0.2) is 4.39 Å². The van der Waals surface area contributed by atoms with Crippen molar-refractivity contribution in [2.75, 3.05) is 33.8 Å². The monoisotopic (exact) mass is 446 g/mol. The summed E-state index contributed by atoms with van der Waals surface area (Å²) in [4.78, 5) is 29.1. The number of hydrogen-bond donors (Lipinski definition) is 1. The van der Waals surface area contributed by atoms with E-state index in [0.717, 1.165) is 0 Å². The minimum absolute atomic E-state index is 0.0554. The van der Waals surface area contributed by atoms with Crippen LogP contribution in [0.25, 0.3) is 5.76 Å². The third kappa shape index (κ3) is 4.73. The molecule has 1 atom stereocenters. The molecule has 6 nitrogen and oxygen atoms in total. The van der Waals surface area contributed by atoms with Gasteiger partial charge in [0.15, 0.2) is 0 Å². The number of hydrogen-bond acceptors (Lipinski definition) is 5. The number of ether oxygens (including phenoxy) is 1. The van der Waals surface area contributed by atoms with Gasteiger partial charge < -0.3 is 19.6 Å². The number of carbonyl (C=O) groups is 2. The average Bonchev–Trinajstić information content (AvgIpc) is 2.98. The molecular weight excluding hydrogens is 423 g/mol. The Morgan fingerprint density at radius 2 is 1.87 bits per heavy atom. The predicted octanol–water partition coefficient (Wildman–Crippen LogP) is 3.86. The van der Waals surface area contributed by atoms with Crippen molar-refractivity contribution in [3.8, 4) is 5.75 Å². The van der Waals surface area contributed by atoms with E-state index in [1.807, 2.05) is 19.0 Å². The summed E-state index contributed by atoms with van der Waals surface area (Å²) in [7, 11) is 3.71. The number of Topliss-reactive ketones (excluding diaryl/α,β-unsaturated/α-hetero) is 1. The second-order valence-electron chi connectivity index (χ2n) is 7.43. The van der Waals surface area contributed by atoms with Crippen LogP contribution >= 0.6 is 11.6 Å². The van der Waals surface area contributed by atoms with Crippen LogP contribution in [0.15, 0.2) is 48.0 Å². The summed E-state index contributed by atoms with van der Waals surface area (Å²) in [6, 6.07) is 9.33. The van der Waals surface area contributed by atoms with Crippen LogP contribution in [0.4, 0.5) is 4.39 Å². The number of likely N-dealkylation sites (N-methyl/N-ethyl adjacent to an activating group) is 1. The second kappa shape index (κ2) is 9.49. The van der Waals surface area contributed by atoms with Gasteiger partial charge in [-0.1, -0.05) is 23.7 Å². The van der Waals surface area contributed by atoms with Crippen molar-refractivity contribution in [2.24, 2.45) is 0 Å². The molecule has 1 aliphatic rings. The van der Waals surface area contributed by atoms with Gasteiger partial charge in [-0.2, -0.15) is 0 Å². The topological polar surface area (TPSA) is 70.1 Å². The predicted molar refractivity (Wildman–Crippen MR) is 117 cm³/mol. The van der Waals surface area contributed by atoms with E-state index in [1.165, 1.54) is 35.2 Å². The van der Waals surface area contributed by atoms with Crippen molar-refractivity contribution in [3.05, 3.63) is 70.0 Å². The molecule has 0 spiro atoms. The number of ketones is 1. The highest BCUT2D eigenvalue weighted by Crippen LogP contribution is 2.40. The van der Waals surface area contributed by atoms with Gasteiger partial charge in [0.2, 0.25) is 0 Å². The van der Waals surface area contributed by atoms with Gasteiger partial charge >= 0.3 is 0 Å². The van der Waals surface area contributed by atoms with Gasteiger partial charge in [0.25, 0.3) is 11.7 Å². The van der Waals surface area contributed by atoms with Crippen LogP contribution in [0.5, 0.6) is 5.75 Å². The molecule has 2 aromatic carbocycles. The zero-order valence-electron chi connectivity index (χ0n) is 17.6. The maximum Gasteiger partial charge on any atom is 0.295 e. The van der Waals surface area contributed by atoms with Crippen molar-refractivity contribution < 1.29 is 23.8 Å². The number of rotatable bonds is 7. The maximum atomic E-state index is 13.5. The lowest BCUT2D eigenvalue weighted by molar-refractivity contribution is -0.140. The molecule has 1 saturated heterocycles. The van der Waals surface area contributed by atoms with E-state index >= 15 is 0 Å². The van der Waals surface area contributed by atoms with Gasteiger partial charge in [0, 0.05) is 18.7 Å². The largest absolute Gasteiger partial charge is 0.507 e. The Bertz CT molecular complexity index is 1020. The molecule has 2 aromatic rings. The zero-order chi connectivity index (χ0) is 22.7. The van der Waals surface area contributed by atoms with E-state index in [1.54, 1.807) is 19.1 Å². The number of halogens is 2. The Morgan fingerprint density at radius 3 is 2.48 bits per heavy atom. The fourth-order valence-electron chi connectivity index (χ4n) is 3.48. The third-order valence-electron chi connectivity index (χ3n) is 5.02. The van der Waals surface area contributed by atoms with E-state index in [4.69, 9.17) is 16.3 Å². The highest BCUT2D eigenvalue weighted by Gasteiger charge is 2.45. The van der Waals surface area contributed by atoms with Crippen LogP contribution in [0, 0.1) is 5.82 Å². The minimum Gasteiger partial charge on any atom is -0.507 e. The molecule has 1 unspecified atom stereocenters. The number of aliphatic hydroxyl groups excluding tert-OH is 1. The molecule has 3 rings (SSSR count). The Hall–Kier alpha value is -2.90. The van der Waals surface area contributed by atoms with E-state index < -0.39 is 23.5 Å². The molecule has 1 heterocycles. The first kappa shape index (κ1) is 22.8. The molecule has 31 heavy (non-hydrogen) atoms. The Labute approximate surface area is 185 Å². The normalized spacial score (nSPS) is 18.1. The summed E-state index contributed by atoms with van der Waals surface area (Å²) >= 11 is 6.13. The smallest absolute Gasteiger partial charge is 0.295 e. The van der Waals surface area contributed by atoms with Crippen molar-refractivity contribution in [1.29, 1.82) is 0 Å². The summed E-state index contributed by atoms with van der Waals surface area (Å²) in [6.07, 6.45) is 0. The second-order valence-corrected chi connectivity index (χ2v) is 7.83. The molecule has 1 fully saturated rings. The summed E-state index contributed by atoms with van der Waals surface area (Å²) in [5, 5.41) is 11.4. The lowest BCUT2D eigenvalue weighted by Gasteiger charge is -2.26. The highest BCUT2D eigenvalue weighted by molar-refractivity contribution is 6.46. The third-order valence-corrected chi connectivity index (χ3v) is 5.33. The first-order valence-corrected chi connectivity index (χ1v) is 10.2. The van der Waals surface area contributed by atoms with Crippen LogP contribution in [0.1, 0.15) is 24.1 Å². The van der Waals surface area contributed by atoms with Gasteiger partial charge in [-0.05, 0) is 56.9 Å². The van der Waals surface area contributed by atoms with Crippen molar-refractivity contribution in [2.45, 2.75) is 13.0 Å². The minimum atomic E-state index is -0.841. The molecule has 0 aliphatic carbocycles. The SMILES string of the molecule is CCOc1cc(/C(O)=C2/C(=O)C(=O)N(CCN(C)C)C2c2ccc(F)cc2)ccc1Cl. The van der Waals surface area contributed by atoms with Crippen molar-refractivity contribution in [3.63, 3.8) is 0 Å². The molecule has 0 saturated carbocycles. The van der Waals surface area contributed by atoms with E-state index in [0.29, 0.717) is 35.1 Å². The lowest BCUT2D eigenvalue weighted by atomic mass is 9.95. The first-order valence-electron chi connectivity index (χ1n) is 9.86. The Kier molecular flexibility index (Phi) is 6.97. The number of amides is 1. The Balaban J connectivity index is 2.14. The summed E-state index contributed by atoms with van der Waals surface area (Å²) in [5.41, 5.74) is 0.769. The summed E-state index contributed by atoms with van der Waals surface area (Å²) < 4.78 is 19.0. The van der Waals surface area contributed by atoms with E-state index in [9.17, 15) is 19.1 Å². The molecule has 0 radical (unpaired) electrons. The molecule has 1 amide bonds. The van der Waals surface area contributed by atoms with Gasteiger partial charge in [-0.3, -0.25) is 9.59 Å². The molecule has 1 aliphatic heterocycles. The quantitative estimate of drug-likeness (QED) is 0.397. The number of benzene rings is 2. The number of nitrogens with zero attached hydrogens (tertiary/aromatic N) is 2. The standard InChI is InChI=1S/C23H24ClFN2O4/c1-4-31-18-13-15(7-10-17(18)24)21(28)19-20(14-5-8-16(25)9-6-14)27(12-11-26(2)3)23(30)22(19)29/h5-10,13,20,28H,4,11-12H2,1-3H3/b21-19-. The number of aliphatic hydroxyl groups is 1. The summed E-state index contributed by atoms with van der Waals surface area (Å²) in [5.74, 6) is -1.92. The molecule has 8 heteroatoms. The number of likely N-dealkylation sites (tertiary alicyclic amines) is 1. The van der Waals surface area contributed by atoms with Crippen molar-refractivity contribution >= 4 is 29.1 Å². The summed E-state index contributed by atoms with van der Waals surface area (Å²) in [6.45, 7) is 2.95. The fourth-order valence-corrected chi connectivity index (χ4v) is 3.65.